The molecule has 1 aromatic carbocycles. The Morgan fingerprint density at radius 3 is 2.74 bits per heavy atom. The fourth-order valence-electron chi connectivity index (χ4n) is 1.81. The van der Waals surface area contributed by atoms with Gasteiger partial charge in [0.25, 0.3) is 5.56 Å². The average Bonchev–Trinajstić information content (AvgIpc) is 2.60. The summed E-state index contributed by atoms with van der Waals surface area (Å²) in [4.78, 5) is 12.1. The minimum atomic E-state index is -0.554. The first-order valence-electron chi connectivity index (χ1n) is 5.85. The number of nitrogens with zero attached hydrogens (tertiary/aromatic N) is 1. The summed E-state index contributed by atoms with van der Waals surface area (Å²) < 4.78 is 15.2. The third-order valence-corrected chi connectivity index (χ3v) is 3.80. The van der Waals surface area contributed by atoms with Gasteiger partial charge in [-0.05, 0) is 40.4 Å². The Bertz CT molecular complexity index is 663. The van der Waals surface area contributed by atoms with E-state index in [4.69, 9.17) is 11.6 Å². The van der Waals surface area contributed by atoms with Gasteiger partial charge in [-0.15, -0.1) is 0 Å². The lowest BCUT2D eigenvalue weighted by atomic mass is 10.1. The summed E-state index contributed by atoms with van der Waals surface area (Å²) in [5.41, 5.74) is 0.982. The predicted molar refractivity (Wildman–Crippen MR) is 77.6 cm³/mol. The summed E-state index contributed by atoms with van der Waals surface area (Å²) in [7, 11) is 0. The number of benzene rings is 1. The van der Waals surface area contributed by atoms with Gasteiger partial charge >= 0.3 is 0 Å². The number of H-pyrrole nitrogens is 1. The van der Waals surface area contributed by atoms with Gasteiger partial charge in [-0.2, -0.15) is 0 Å². The zero-order valence-electron chi connectivity index (χ0n) is 10.5. The predicted octanol–water partition coefficient (Wildman–Crippen LogP) is 3.92. The maximum Gasteiger partial charge on any atom is 0.285 e. The van der Waals surface area contributed by atoms with Crippen molar-refractivity contribution in [1.82, 2.24) is 9.78 Å². The summed E-state index contributed by atoms with van der Waals surface area (Å²) >= 11 is 8.91. The van der Waals surface area contributed by atoms with E-state index < -0.39 is 5.82 Å². The van der Waals surface area contributed by atoms with E-state index >= 15 is 0 Å². The summed E-state index contributed by atoms with van der Waals surface area (Å²) in [6.45, 7) is 4.12. The van der Waals surface area contributed by atoms with Crippen LogP contribution in [-0.4, -0.2) is 9.78 Å². The number of hydrogen-bond acceptors (Lipinski definition) is 1. The molecule has 0 aliphatic carbocycles. The van der Waals surface area contributed by atoms with Crippen molar-refractivity contribution in [3.8, 4) is 5.69 Å². The minimum Gasteiger partial charge on any atom is -0.294 e. The molecule has 0 radical (unpaired) electrons. The van der Waals surface area contributed by atoms with Crippen LogP contribution in [0.1, 0.15) is 19.5 Å². The Morgan fingerprint density at radius 2 is 2.16 bits per heavy atom. The largest absolute Gasteiger partial charge is 0.294 e. The smallest absolute Gasteiger partial charge is 0.285 e. The normalized spacial score (nSPS) is 11.3. The van der Waals surface area contributed by atoms with E-state index in [0.29, 0.717) is 16.1 Å². The van der Waals surface area contributed by atoms with Crippen LogP contribution < -0.4 is 5.56 Å². The highest BCUT2D eigenvalue weighted by atomic mass is 79.9. The molecule has 0 aliphatic heterocycles. The number of aromatic nitrogens is 2. The molecular weight excluding hydrogens is 335 g/mol. The zero-order valence-corrected chi connectivity index (χ0v) is 12.8. The maximum atomic E-state index is 13.4. The van der Waals surface area contributed by atoms with E-state index in [0.717, 1.165) is 12.1 Å². The van der Waals surface area contributed by atoms with Gasteiger partial charge in [0.1, 0.15) is 10.3 Å². The van der Waals surface area contributed by atoms with E-state index in [1.165, 1.54) is 16.8 Å². The average molecular weight is 348 g/mol. The van der Waals surface area contributed by atoms with Gasteiger partial charge < -0.3 is 0 Å². The third-order valence-electron chi connectivity index (χ3n) is 2.68. The van der Waals surface area contributed by atoms with Crippen LogP contribution in [0.2, 0.25) is 5.02 Å². The van der Waals surface area contributed by atoms with Crippen LogP contribution in [0.25, 0.3) is 5.69 Å². The van der Waals surface area contributed by atoms with E-state index in [-0.39, 0.29) is 10.6 Å². The Kier molecular flexibility index (Phi) is 4.16. The highest BCUT2D eigenvalue weighted by Crippen LogP contribution is 2.20. The summed E-state index contributed by atoms with van der Waals surface area (Å²) in [6, 6.07) is 4.25. The molecule has 3 nitrogen and oxygen atoms in total. The van der Waals surface area contributed by atoms with Crippen LogP contribution in [0, 0.1) is 11.7 Å². The molecule has 19 heavy (non-hydrogen) atoms. The topological polar surface area (TPSA) is 37.8 Å². The molecule has 0 fully saturated rings. The SMILES string of the molecule is CC(C)Cc1[nH]n(-c2ccc(Cl)c(F)c2)c(=O)c1Br. The van der Waals surface area contributed by atoms with Crippen molar-refractivity contribution < 1.29 is 4.39 Å². The molecule has 0 spiro atoms. The lowest BCUT2D eigenvalue weighted by molar-refractivity contribution is 0.619. The lowest BCUT2D eigenvalue weighted by Gasteiger charge is -2.04. The van der Waals surface area contributed by atoms with Crippen molar-refractivity contribution in [1.29, 1.82) is 0 Å². The van der Waals surface area contributed by atoms with Crippen molar-refractivity contribution >= 4 is 27.5 Å². The lowest BCUT2D eigenvalue weighted by Crippen LogP contribution is -2.14. The molecule has 0 saturated heterocycles. The third kappa shape index (κ3) is 2.92. The fourth-order valence-corrected chi connectivity index (χ4v) is 2.36. The molecule has 0 saturated carbocycles. The van der Waals surface area contributed by atoms with Gasteiger partial charge in [0, 0.05) is 6.07 Å². The summed E-state index contributed by atoms with van der Waals surface area (Å²) in [5.74, 6) is -0.146. The molecule has 1 heterocycles. The zero-order chi connectivity index (χ0) is 14.2. The van der Waals surface area contributed by atoms with Crippen LogP contribution in [-0.2, 0) is 6.42 Å². The quantitative estimate of drug-likeness (QED) is 0.898. The molecule has 1 aromatic heterocycles. The van der Waals surface area contributed by atoms with Crippen molar-refractivity contribution in [2.24, 2.45) is 5.92 Å². The molecule has 102 valence electrons. The van der Waals surface area contributed by atoms with Crippen molar-refractivity contribution in [2.75, 3.05) is 0 Å². The molecule has 2 rings (SSSR count). The molecular formula is C13H13BrClFN2O. The van der Waals surface area contributed by atoms with Crippen molar-refractivity contribution in [3.63, 3.8) is 0 Å². The van der Waals surface area contributed by atoms with Crippen LogP contribution in [0.15, 0.2) is 27.5 Å². The van der Waals surface area contributed by atoms with E-state index in [1.807, 2.05) is 0 Å². The fraction of sp³-hybridized carbons (Fsp3) is 0.308. The second-order valence-corrected chi connectivity index (χ2v) is 5.94. The first-order valence-corrected chi connectivity index (χ1v) is 7.02. The Hall–Kier alpha value is -1.07. The highest BCUT2D eigenvalue weighted by molar-refractivity contribution is 9.10. The molecule has 6 heteroatoms. The van der Waals surface area contributed by atoms with Crippen LogP contribution in [0.4, 0.5) is 4.39 Å². The van der Waals surface area contributed by atoms with E-state index in [2.05, 4.69) is 34.9 Å². The number of halogens is 3. The number of hydrogen-bond donors (Lipinski definition) is 1. The minimum absolute atomic E-state index is 0.0322. The standard InChI is InChI=1S/C13H13BrClFN2O/c1-7(2)5-11-12(14)13(19)18(17-11)8-3-4-9(15)10(16)6-8/h3-4,6-7,17H,5H2,1-2H3. The van der Waals surface area contributed by atoms with Crippen LogP contribution >= 0.6 is 27.5 Å². The van der Waals surface area contributed by atoms with Gasteiger partial charge in [-0.25, -0.2) is 9.07 Å². The van der Waals surface area contributed by atoms with E-state index in [9.17, 15) is 9.18 Å². The molecule has 2 aromatic rings. The van der Waals surface area contributed by atoms with Gasteiger partial charge in [-0.3, -0.25) is 9.89 Å². The van der Waals surface area contributed by atoms with Gasteiger partial charge in [-0.1, -0.05) is 25.4 Å². The number of nitrogens with one attached hydrogen (secondary N) is 1. The van der Waals surface area contributed by atoms with E-state index in [1.54, 1.807) is 6.07 Å². The first kappa shape index (κ1) is 14.3. The molecule has 0 amide bonds. The van der Waals surface area contributed by atoms with Gasteiger partial charge in [0.05, 0.1) is 16.4 Å². The highest BCUT2D eigenvalue weighted by Gasteiger charge is 2.14. The second-order valence-electron chi connectivity index (χ2n) is 4.74. The molecule has 0 unspecified atom stereocenters. The Morgan fingerprint density at radius 1 is 1.47 bits per heavy atom. The molecule has 1 N–H and O–H groups in total. The summed E-state index contributed by atoms with van der Waals surface area (Å²) in [5, 5.41) is 3.02. The number of aromatic amines is 1. The monoisotopic (exact) mass is 346 g/mol. The van der Waals surface area contributed by atoms with Crippen molar-refractivity contribution in [3.05, 3.63) is 49.6 Å². The second kappa shape index (κ2) is 5.51. The van der Waals surface area contributed by atoms with Crippen molar-refractivity contribution in [2.45, 2.75) is 20.3 Å². The molecule has 0 atom stereocenters. The van der Waals surface area contributed by atoms with Gasteiger partial charge in [0.15, 0.2) is 0 Å². The molecule has 0 bridgehead atoms. The maximum absolute atomic E-state index is 13.4. The number of rotatable bonds is 3. The Labute approximate surface area is 123 Å². The molecule has 0 aliphatic rings. The van der Waals surface area contributed by atoms with Crippen LogP contribution in [0.3, 0.4) is 0 Å². The van der Waals surface area contributed by atoms with Gasteiger partial charge in [0.2, 0.25) is 0 Å². The van der Waals surface area contributed by atoms with Crippen LogP contribution in [0.5, 0.6) is 0 Å². The Balaban J connectivity index is 2.51. The first-order chi connectivity index (χ1) is 8.90. The summed E-state index contributed by atoms with van der Waals surface area (Å²) in [6.07, 6.45) is 0.735.